The zero-order chi connectivity index (χ0) is 21.1. The van der Waals surface area contributed by atoms with Crippen LogP contribution in [0.4, 0.5) is 20.6 Å². The van der Waals surface area contributed by atoms with E-state index >= 15 is 0 Å². The molecule has 0 saturated carbocycles. The van der Waals surface area contributed by atoms with Gasteiger partial charge in [0.2, 0.25) is 0 Å². The number of rotatable bonds is 5. The molecule has 0 aliphatic heterocycles. The average Bonchev–Trinajstić information content (AvgIpc) is 3.09. The maximum atomic E-state index is 13.0. The summed E-state index contributed by atoms with van der Waals surface area (Å²) in [6, 6.07) is 17.7. The quantitative estimate of drug-likeness (QED) is 0.398. The number of H-pyrrole nitrogens is 1. The number of benzene rings is 3. The topological polar surface area (TPSA) is 69.8 Å². The van der Waals surface area contributed by atoms with Gasteiger partial charge in [-0.15, -0.1) is 0 Å². The van der Waals surface area contributed by atoms with Crippen LogP contribution in [0, 0.1) is 19.7 Å². The van der Waals surface area contributed by atoms with Gasteiger partial charge >= 0.3 is 6.03 Å². The van der Waals surface area contributed by atoms with Crippen molar-refractivity contribution in [1.82, 2.24) is 9.97 Å². The van der Waals surface area contributed by atoms with Crippen molar-refractivity contribution >= 4 is 28.4 Å². The van der Waals surface area contributed by atoms with Gasteiger partial charge in [0.25, 0.3) is 0 Å². The van der Waals surface area contributed by atoms with E-state index in [1.54, 1.807) is 12.1 Å². The number of hydrogen-bond acceptors (Lipinski definition) is 2. The lowest BCUT2D eigenvalue weighted by Crippen LogP contribution is -2.19. The molecule has 0 saturated heterocycles. The highest BCUT2D eigenvalue weighted by Gasteiger charge is 2.08. The Bertz CT molecular complexity index is 1180. The van der Waals surface area contributed by atoms with Crippen LogP contribution < -0.4 is 10.6 Å². The van der Waals surface area contributed by atoms with Gasteiger partial charge in [-0.3, -0.25) is 0 Å². The number of aromatic nitrogens is 2. The summed E-state index contributed by atoms with van der Waals surface area (Å²) in [5, 5.41) is 5.72. The van der Waals surface area contributed by atoms with Crippen molar-refractivity contribution in [2.24, 2.45) is 0 Å². The molecule has 0 atom stereocenters. The number of amides is 2. The van der Waals surface area contributed by atoms with Crippen molar-refractivity contribution in [3.05, 3.63) is 89.0 Å². The predicted octanol–water partition coefficient (Wildman–Crippen LogP) is 5.75. The van der Waals surface area contributed by atoms with E-state index in [2.05, 4.69) is 26.7 Å². The minimum Gasteiger partial charge on any atom is -0.342 e. The van der Waals surface area contributed by atoms with Crippen LogP contribution in [0.2, 0.25) is 0 Å². The van der Waals surface area contributed by atoms with E-state index in [-0.39, 0.29) is 11.8 Å². The van der Waals surface area contributed by atoms with Crippen LogP contribution in [0.3, 0.4) is 0 Å². The molecule has 30 heavy (non-hydrogen) atoms. The lowest BCUT2D eigenvalue weighted by atomic mass is 10.1. The molecule has 1 aromatic heterocycles. The van der Waals surface area contributed by atoms with E-state index in [1.165, 1.54) is 12.1 Å². The van der Waals surface area contributed by atoms with Gasteiger partial charge < -0.3 is 15.6 Å². The highest BCUT2D eigenvalue weighted by atomic mass is 19.1. The highest BCUT2D eigenvalue weighted by molar-refractivity contribution is 6.00. The Hall–Kier alpha value is -3.67. The smallest absolute Gasteiger partial charge is 0.323 e. The van der Waals surface area contributed by atoms with Gasteiger partial charge in [0, 0.05) is 17.8 Å². The van der Waals surface area contributed by atoms with Crippen LogP contribution in [0.1, 0.15) is 22.5 Å². The molecule has 0 unspecified atom stereocenters. The number of hydrogen-bond donors (Lipinski definition) is 3. The number of aryl methyl sites for hydroxylation is 4. The number of imidazole rings is 1. The molecule has 4 aromatic rings. The number of carbonyl (C=O) groups is 1. The third kappa shape index (κ3) is 4.84. The molecule has 3 aromatic carbocycles. The van der Waals surface area contributed by atoms with E-state index in [1.807, 2.05) is 44.2 Å². The van der Waals surface area contributed by atoms with Gasteiger partial charge in [0.1, 0.15) is 11.6 Å². The first kappa shape index (κ1) is 19.6. The van der Waals surface area contributed by atoms with Crippen LogP contribution in [-0.4, -0.2) is 16.0 Å². The molecule has 0 radical (unpaired) electrons. The van der Waals surface area contributed by atoms with Crippen LogP contribution in [0.25, 0.3) is 11.0 Å². The fourth-order valence-corrected chi connectivity index (χ4v) is 3.51. The maximum Gasteiger partial charge on any atom is 0.323 e. The summed E-state index contributed by atoms with van der Waals surface area (Å²) in [6.45, 7) is 3.99. The predicted molar refractivity (Wildman–Crippen MR) is 118 cm³/mol. The van der Waals surface area contributed by atoms with Crippen molar-refractivity contribution < 1.29 is 9.18 Å². The SMILES string of the molecule is Cc1cc(C)cc(NC(=O)Nc2ccc3[nH]c(CCc4ccc(F)cc4)nc3c2)c1. The molecule has 0 bridgehead atoms. The Balaban J connectivity index is 1.41. The zero-order valence-electron chi connectivity index (χ0n) is 16.9. The van der Waals surface area contributed by atoms with Gasteiger partial charge in [-0.2, -0.15) is 0 Å². The van der Waals surface area contributed by atoms with Crippen LogP contribution in [0.5, 0.6) is 0 Å². The number of nitrogens with one attached hydrogen (secondary N) is 3. The van der Waals surface area contributed by atoms with E-state index in [0.717, 1.165) is 52.1 Å². The zero-order valence-corrected chi connectivity index (χ0v) is 16.9. The molecule has 0 spiro atoms. The lowest BCUT2D eigenvalue weighted by Gasteiger charge is -2.09. The first-order valence-electron chi connectivity index (χ1n) is 9.84. The van der Waals surface area contributed by atoms with Crippen molar-refractivity contribution in [3.63, 3.8) is 0 Å². The summed E-state index contributed by atoms with van der Waals surface area (Å²) in [6.07, 6.45) is 1.49. The van der Waals surface area contributed by atoms with Crippen molar-refractivity contribution in [1.29, 1.82) is 0 Å². The number of urea groups is 1. The summed E-state index contributed by atoms with van der Waals surface area (Å²) in [4.78, 5) is 20.3. The Kier molecular flexibility index (Phi) is 5.48. The highest BCUT2D eigenvalue weighted by Crippen LogP contribution is 2.19. The van der Waals surface area contributed by atoms with Crippen LogP contribution in [0.15, 0.2) is 60.7 Å². The molecular weight excluding hydrogens is 379 g/mol. The lowest BCUT2D eigenvalue weighted by molar-refractivity contribution is 0.262. The molecule has 0 fully saturated rings. The number of carbonyl (C=O) groups excluding carboxylic acids is 1. The molecule has 4 rings (SSSR count). The largest absolute Gasteiger partial charge is 0.342 e. The third-order valence-corrected chi connectivity index (χ3v) is 4.83. The molecule has 0 aliphatic carbocycles. The van der Waals surface area contributed by atoms with Crippen LogP contribution in [-0.2, 0) is 12.8 Å². The second kappa shape index (κ2) is 8.37. The fourth-order valence-electron chi connectivity index (χ4n) is 3.51. The fraction of sp³-hybridized carbons (Fsp3) is 0.167. The van der Waals surface area contributed by atoms with Gasteiger partial charge in [0.15, 0.2) is 0 Å². The first-order chi connectivity index (χ1) is 14.4. The Morgan fingerprint density at radius 2 is 1.60 bits per heavy atom. The summed E-state index contributed by atoms with van der Waals surface area (Å²) in [5.74, 6) is 0.621. The standard InChI is InChI=1S/C24H23FN4O/c1-15-11-16(2)13-20(12-15)27-24(30)26-19-8-9-21-22(14-19)29-23(28-21)10-5-17-3-6-18(25)7-4-17/h3-4,6-9,11-14H,5,10H2,1-2H3,(H,28,29)(H2,26,27,30). The Morgan fingerprint density at radius 1 is 0.900 bits per heavy atom. The van der Waals surface area contributed by atoms with E-state index < -0.39 is 0 Å². The van der Waals surface area contributed by atoms with Gasteiger partial charge in [-0.1, -0.05) is 18.2 Å². The Morgan fingerprint density at radius 3 is 2.33 bits per heavy atom. The average molecular weight is 402 g/mol. The molecule has 1 heterocycles. The monoisotopic (exact) mass is 402 g/mol. The second-order valence-electron chi connectivity index (χ2n) is 7.50. The number of aromatic amines is 1. The van der Waals surface area contributed by atoms with E-state index in [4.69, 9.17) is 0 Å². The molecular formula is C24H23FN4O. The molecule has 2 amide bonds. The second-order valence-corrected chi connectivity index (χ2v) is 7.50. The molecule has 3 N–H and O–H groups in total. The van der Waals surface area contributed by atoms with Crippen molar-refractivity contribution in [2.45, 2.75) is 26.7 Å². The summed E-state index contributed by atoms with van der Waals surface area (Å²) in [5.41, 5.74) is 6.36. The molecule has 5 nitrogen and oxygen atoms in total. The number of halogens is 1. The van der Waals surface area contributed by atoms with E-state index in [0.29, 0.717) is 5.69 Å². The third-order valence-electron chi connectivity index (χ3n) is 4.83. The molecule has 0 aliphatic rings. The minimum atomic E-state index is -0.300. The summed E-state index contributed by atoms with van der Waals surface area (Å²) >= 11 is 0. The number of anilines is 2. The van der Waals surface area contributed by atoms with Gasteiger partial charge in [-0.05, 0) is 79.4 Å². The minimum absolute atomic E-state index is 0.232. The van der Waals surface area contributed by atoms with Gasteiger partial charge in [0.05, 0.1) is 11.0 Å². The van der Waals surface area contributed by atoms with Gasteiger partial charge in [-0.25, -0.2) is 14.2 Å². The van der Waals surface area contributed by atoms with E-state index in [9.17, 15) is 9.18 Å². The van der Waals surface area contributed by atoms with Crippen molar-refractivity contribution in [2.75, 3.05) is 10.6 Å². The maximum absolute atomic E-state index is 13.0. The molecule has 152 valence electrons. The number of fused-ring (bicyclic) bond motifs is 1. The Labute approximate surface area is 174 Å². The van der Waals surface area contributed by atoms with Crippen LogP contribution >= 0.6 is 0 Å². The molecule has 6 heteroatoms. The van der Waals surface area contributed by atoms with Crippen molar-refractivity contribution in [3.8, 4) is 0 Å². The number of nitrogens with zero attached hydrogens (tertiary/aromatic N) is 1. The summed E-state index contributed by atoms with van der Waals surface area (Å²) < 4.78 is 13.0. The first-order valence-corrected chi connectivity index (χ1v) is 9.84. The normalized spacial score (nSPS) is 10.9. The summed E-state index contributed by atoms with van der Waals surface area (Å²) in [7, 11) is 0.